The number of carbonyl (C=O) groups excluding carboxylic acids is 12. The fourth-order valence-electron chi connectivity index (χ4n) is 16.9. The van der Waals surface area contributed by atoms with Crippen LogP contribution in [-0.2, 0) is 57.5 Å². The molecule has 7 rings (SSSR count). The molecule has 29 heteroatoms. The van der Waals surface area contributed by atoms with Crippen LogP contribution >= 0.6 is 0 Å². The number of hydrogen-bond acceptors (Lipinski definition) is 12. The Morgan fingerprint density at radius 1 is 0.592 bits per heavy atom. The topological polar surface area (TPSA) is 270 Å². The average molecular weight is 1460 g/mol. The standard InChI is InChI=1S/C74H119F5N12O12/c1-15-45(7)61-70(101)84(11)47(9)65(96)91-36-30-54(91)69(100)89(17-3)57(40-48-26-24-44(6)25-27-48)67(98)83(10)42-58(92)80-52(29-28-49-38-50(75)60(51(76)39-49)74(77,78)79)66(97)90-35-22-23-53(90)64(95)82-73(31-18-19-32-73)72(103)87(14)62(46(8)16-2)71(102)86(13)56(68(99)88-33-20-21-34-88)41-59(93)85(12)55(37-43(4)5)63(94)81-61/h43-57,60-62H,15-42H2,1-14H3,(H,80,92)(H,81,94)(H,82,95)/t44?,45-,46-,47-,48?,49?,50?,51?,52-,53-,54-,55-,56-,57-,60?,61-,62-/m0/s1. The normalized spacial score (nSPS) is 32.6. The maximum absolute atomic E-state index is 15.5. The summed E-state index contributed by atoms with van der Waals surface area (Å²) >= 11 is 0. The molecule has 0 bridgehead atoms. The first-order valence-electron chi connectivity index (χ1n) is 38.2. The molecule has 4 saturated heterocycles. The second kappa shape index (κ2) is 36.1. The monoisotopic (exact) mass is 1460 g/mol. The summed E-state index contributed by atoms with van der Waals surface area (Å²) in [6.07, 6.45) is -5.48. The molecule has 3 saturated carbocycles. The second-order valence-electron chi connectivity index (χ2n) is 31.7. The quantitative estimate of drug-likeness (QED) is 0.169. The zero-order valence-electron chi connectivity index (χ0n) is 63.5. The van der Waals surface area contributed by atoms with Crippen molar-refractivity contribution in [3.05, 3.63) is 0 Å². The van der Waals surface area contributed by atoms with Gasteiger partial charge in [-0.3, -0.25) is 57.5 Å². The van der Waals surface area contributed by atoms with Crippen molar-refractivity contribution in [2.24, 2.45) is 41.4 Å². The molecule has 2 unspecified atom stereocenters. The van der Waals surface area contributed by atoms with E-state index in [9.17, 15) is 37.1 Å². The highest BCUT2D eigenvalue weighted by Gasteiger charge is 2.55. The van der Waals surface area contributed by atoms with E-state index in [4.69, 9.17) is 0 Å². The van der Waals surface area contributed by atoms with Gasteiger partial charge in [-0.1, -0.05) is 99.8 Å². The summed E-state index contributed by atoms with van der Waals surface area (Å²) in [6, 6.07) is -11.3. The Labute approximate surface area is 606 Å². The molecule has 0 radical (unpaired) electrons. The first-order valence-corrected chi connectivity index (χ1v) is 38.2. The second-order valence-corrected chi connectivity index (χ2v) is 31.7. The van der Waals surface area contributed by atoms with Crippen LogP contribution < -0.4 is 16.0 Å². The van der Waals surface area contributed by atoms with Crippen molar-refractivity contribution in [2.45, 2.75) is 282 Å². The molecule has 24 nitrogen and oxygen atoms in total. The number of halogens is 5. The summed E-state index contributed by atoms with van der Waals surface area (Å²) in [5, 5.41) is 8.66. The summed E-state index contributed by atoms with van der Waals surface area (Å²) in [7, 11) is 7.06. The Morgan fingerprint density at radius 2 is 1.19 bits per heavy atom. The van der Waals surface area contributed by atoms with Gasteiger partial charge in [-0.2, -0.15) is 13.2 Å². The van der Waals surface area contributed by atoms with E-state index < -0.39 is 199 Å². The molecule has 7 aliphatic rings. The van der Waals surface area contributed by atoms with Gasteiger partial charge in [-0.05, 0) is 133 Å². The molecule has 3 N–H and O–H groups in total. The van der Waals surface area contributed by atoms with Crippen LogP contribution in [-0.4, -0.2) is 268 Å². The van der Waals surface area contributed by atoms with Crippen LogP contribution in [0.4, 0.5) is 22.0 Å². The van der Waals surface area contributed by atoms with Crippen molar-refractivity contribution >= 4 is 70.9 Å². The highest BCUT2D eigenvalue weighted by Crippen LogP contribution is 2.45. The average Bonchev–Trinajstić information content (AvgIpc) is 1.50. The van der Waals surface area contributed by atoms with Gasteiger partial charge >= 0.3 is 6.18 Å². The van der Waals surface area contributed by atoms with Crippen LogP contribution in [0.2, 0.25) is 0 Å². The lowest BCUT2D eigenvalue weighted by Crippen LogP contribution is -2.65. The first-order chi connectivity index (χ1) is 48.4. The van der Waals surface area contributed by atoms with Gasteiger partial charge in [0, 0.05) is 68.0 Å². The van der Waals surface area contributed by atoms with Gasteiger partial charge < -0.3 is 60.0 Å². The third-order valence-electron chi connectivity index (χ3n) is 24.1. The molecule has 0 aromatic carbocycles. The van der Waals surface area contributed by atoms with Crippen LogP contribution in [0.25, 0.3) is 0 Å². The van der Waals surface area contributed by atoms with Gasteiger partial charge in [0.05, 0.1) is 13.0 Å². The SMILES string of the molecule is CC[C@H](C)[C@@H]1NC(=O)[C@H](CC(C)C)N(C)C(=O)C[C@@H](C(=O)N2CCCC2)N(C)C(=O)[C@H]([C@@H](C)CC)N(C)C(=O)C2(CCCC2)NC(=O)[C@@H]2CCCN2C(=O)[C@H](CCC2CC(F)C(C(F)(F)F)C(F)C2)NC(=O)CN(C)C(=O)[C@H](CC2CCC(C)CC2)N(CC)C(=O)[C@@H]2CCN2C(=O)[C@H](C)N(C)C1=O. The summed E-state index contributed by atoms with van der Waals surface area (Å²) in [5.74, 6) is -12.7. The Kier molecular flexibility index (Phi) is 29.2. The summed E-state index contributed by atoms with van der Waals surface area (Å²) in [5.41, 5.74) is -1.63. The van der Waals surface area contributed by atoms with Crippen LogP contribution in [0.1, 0.15) is 204 Å². The molecule has 1 spiro atoms. The zero-order chi connectivity index (χ0) is 76.4. The zero-order valence-corrected chi connectivity index (χ0v) is 63.5. The van der Waals surface area contributed by atoms with E-state index in [0.29, 0.717) is 57.5 Å². The van der Waals surface area contributed by atoms with Crippen LogP contribution in [0.3, 0.4) is 0 Å². The van der Waals surface area contributed by atoms with E-state index >= 15 is 42.3 Å². The Bertz CT molecular complexity index is 3020. The van der Waals surface area contributed by atoms with E-state index in [1.54, 1.807) is 25.7 Å². The Hall–Kier alpha value is -6.71. The lowest BCUT2D eigenvalue weighted by molar-refractivity contribution is -0.219. The molecule has 7 fully saturated rings. The Balaban J connectivity index is 1.29. The van der Waals surface area contributed by atoms with Crippen LogP contribution in [0.5, 0.6) is 0 Å². The molecule has 4 aliphatic heterocycles. The smallest absolute Gasteiger partial charge is 0.343 e. The predicted octanol–water partition coefficient (Wildman–Crippen LogP) is 6.41. The van der Waals surface area contributed by atoms with Crippen molar-refractivity contribution in [3.8, 4) is 0 Å². The van der Waals surface area contributed by atoms with Crippen molar-refractivity contribution in [2.75, 3.05) is 74.5 Å². The van der Waals surface area contributed by atoms with E-state index in [-0.39, 0.29) is 89.3 Å². The molecule has 3 aliphatic carbocycles. The third kappa shape index (κ3) is 19.5. The van der Waals surface area contributed by atoms with Crippen molar-refractivity contribution < 1.29 is 79.5 Å². The van der Waals surface area contributed by atoms with Gasteiger partial charge in [-0.15, -0.1) is 0 Å². The number of nitrogens with one attached hydrogen (secondary N) is 3. The summed E-state index contributed by atoms with van der Waals surface area (Å²) in [4.78, 5) is 193. The molecular weight excluding hydrogens is 1340 g/mol. The number of likely N-dealkylation sites (N-methyl/N-ethyl adjacent to an activating group) is 6. The molecule has 0 aromatic rings. The number of alkyl halides is 5. The summed E-state index contributed by atoms with van der Waals surface area (Å²) in [6.45, 7) is 16.4. The molecule has 103 heavy (non-hydrogen) atoms. The van der Waals surface area contributed by atoms with E-state index in [0.717, 1.165) is 30.6 Å². The van der Waals surface area contributed by atoms with E-state index in [2.05, 4.69) is 22.9 Å². The summed E-state index contributed by atoms with van der Waals surface area (Å²) < 4.78 is 72.5. The van der Waals surface area contributed by atoms with Crippen molar-refractivity contribution in [1.29, 1.82) is 0 Å². The van der Waals surface area contributed by atoms with Crippen LogP contribution in [0, 0.1) is 41.4 Å². The molecule has 13 atom stereocenters. The van der Waals surface area contributed by atoms with Gasteiger partial charge in [-0.25, -0.2) is 8.78 Å². The number of rotatable bonds is 13. The minimum Gasteiger partial charge on any atom is -0.343 e. The molecule has 12 amide bonds. The van der Waals surface area contributed by atoms with Crippen LogP contribution in [0.15, 0.2) is 0 Å². The highest BCUT2D eigenvalue weighted by molar-refractivity contribution is 6.01. The maximum Gasteiger partial charge on any atom is 0.397 e. The lowest BCUT2D eigenvalue weighted by atomic mass is 9.76. The largest absolute Gasteiger partial charge is 0.397 e. The number of amides is 12. The molecule has 4 heterocycles. The predicted molar refractivity (Wildman–Crippen MR) is 375 cm³/mol. The number of carbonyl (C=O) groups is 12. The number of likely N-dealkylation sites (tertiary alicyclic amines) is 1. The maximum atomic E-state index is 15.5. The lowest BCUT2D eigenvalue weighted by Gasteiger charge is -2.46. The minimum atomic E-state index is -5.16. The fraction of sp³-hybridized carbons (Fsp3) is 0.838. The molecular formula is C74H119F5N12O12. The number of fused-ring (bicyclic) bond motifs is 2. The van der Waals surface area contributed by atoms with Gasteiger partial charge in [0.15, 0.2) is 0 Å². The number of nitrogens with zero attached hydrogens (tertiary/aromatic N) is 9. The fourth-order valence-corrected chi connectivity index (χ4v) is 16.9. The van der Waals surface area contributed by atoms with Crippen molar-refractivity contribution in [3.63, 3.8) is 0 Å². The van der Waals surface area contributed by atoms with Gasteiger partial charge in [0.2, 0.25) is 70.9 Å². The van der Waals surface area contributed by atoms with Crippen molar-refractivity contribution in [1.82, 2.24) is 60.0 Å². The number of hydrogen-bond donors (Lipinski definition) is 3. The molecule has 582 valence electrons. The van der Waals surface area contributed by atoms with Gasteiger partial charge in [0.25, 0.3) is 0 Å². The first kappa shape index (κ1) is 83.6. The molecule has 0 aromatic heterocycles. The Morgan fingerprint density at radius 3 is 1.75 bits per heavy atom. The van der Waals surface area contributed by atoms with E-state index in [1.165, 1.54) is 76.5 Å². The van der Waals surface area contributed by atoms with Gasteiger partial charge in [0.1, 0.15) is 78.2 Å². The third-order valence-corrected chi connectivity index (χ3v) is 24.1. The highest BCUT2D eigenvalue weighted by atomic mass is 19.4. The van der Waals surface area contributed by atoms with E-state index in [1.807, 2.05) is 27.7 Å². The minimum absolute atomic E-state index is 0.00382.